The van der Waals surface area contributed by atoms with E-state index in [9.17, 15) is 23.6 Å². The minimum atomic E-state index is -1.25. The van der Waals surface area contributed by atoms with Crippen LogP contribution in [0.25, 0.3) is 0 Å². The second-order valence-corrected chi connectivity index (χ2v) is 6.54. The van der Waals surface area contributed by atoms with Gasteiger partial charge in [-0.25, -0.2) is 9.18 Å². The first kappa shape index (κ1) is 20.2. The summed E-state index contributed by atoms with van der Waals surface area (Å²) in [4.78, 5) is 50.2. The Bertz CT molecular complexity index is 945. The maximum atomic E-state index is 12.9. The average Bonchev–Trinajstić information content (AvgIpc) is 2.98. The van der Waals surface area contributed by atoms with Gasteiger partial charge >= 0.3 is 12.0 Å². The Morgan fingerprint density at radius 2 is 1.72 bits per heavy atom. The molecule has 2 aromatic rings. The first-order valence-electron chi connectivity index (χ1n) is 9.01. The lowest BCUT2D eigenvalue weighted by Gasteiger charge is -2.25. The van der Waals surface area contributed by atoms with E-state index >= 15 is 0 Å². The van der Waals surface area contributed by atoms with E-state index < -0.39 is 48.2 Å². The smallest absolute Gasteiger partial charge is 0.326 e. The maximum Gasteiger partial charge on any atom is 0.326 e. The number of hydrogen-bond donors (Lipinski definition) is 1. The second-order valence-electron chi connectivity index (χ2n) is 6.54. The van der Waals surface area contributed by atoms with Gasteiger partial charge in [0, 0.05) is 5.56 Å². The first-order valence-corrected chi connectivity index (χ1v) is 9.01. The summed E-state index contributed by atoms with van der Waals surface area (Å²) in [6.07, 6.45) is 0.302. The molecule has 0 radical (unpaired) electrons. The summed E-state index contributed by atoms with van der Waals surface area (Å²) in [7, 11) is 0. The quantitative estimate of drug-likeness (QED) is 0.439. The number of ketones is 1. The zero-order valence-corrected chi connectivity index (χ0v) is 15.7. The summed E-state index contributed by atoms with van der Waals surface area (Å²) in [5.41, 5.74) is -0.450. The van der Waals surface area contributed by atoms with Crippen molar-refractivity contribution in [2.75, 3.05) is 13.2 Å². The van der Waals surface area contributed by atoms with Crippen LogP contribution in [0.4, 0.5) is 9.18 Å². The van der Waals surface area contributed by atoms with Crippen LogP contribution in [0.3, 0.4) is 0 Å². The molecule has 1 aliphatic heterocycles. The van der Waals surface area contributed by atoms with Crippen LogP contribution in [0.1, 0.15) is 29.3 Å². The number of nitrogens with zero attached hydrogens (tertiary/aromatic N) is 1. The molecule has 3 amide bonds. The molecule has 1 aliphatic rings. The Morgan fingerprint density at radius 3 is 2.34 bits per heavy atom. The Balaban J connectivity index is 1.64. The van der Waals surface area contributed by atoms with Crippen molar-refractivity contribution in [1.29, 1.82) is 0 Å². The van der Waals surface area contributed by atoms with Gasteiger partial charge in [-0.05, 0) is 36.2 Å². The van der Waals surface area contributed by atoms with Crippen LogP contribution in [-0.4, -0.2) is 41.7 Å². The lowest BCUT2D eigenvalue weighted by atomic mass is 9.87. The van der Waals surface area contributed by atoms with E-state index in [-0.39, 0.29) is 5.56 Å². The number of esters is 1. The van der Waals surface area contributed by atoms with Gasteiger partial charge < -0.3 is 10.1 Å². The SMILES string of the molecule is CCC1(c2ccccc2)NC(=O)N(CC(=O)OCC(=O)c2ccc(F)cc2)C1=O. The lowest BCUT2D eigenvalue weighted by molar-refractivity contribution is -0.147. The fourth-order valence-electron chi connectivity index (χ4n) is 3.17. The molecule has 1 fully saturated rings. The van der Waals surface area contributed by atoms with Gasteiger partial charge in [0.15, 0.2) is 12.4 Å². The summed E-state index contributed by atoms with van der Waals surface area (Å²) in [5, 5.41) is 2.66. The normalized spacial score (nSPS) is 18.5. The topological polar surface area (TPSA) is 92.8 Å². The van der Waals surface area contributed by atoms with Crippen LogP contribution in [0.15, 0.2) is 54.6 Å². The largest absolute Gasteiger partial charge is 0.456 e. The summed E-state index contributed by atoms with van der Waals surface area (Å²) in [6, 6.07) is 12.8. The van der Waals surface area contributed by atoms with Gasteiger partial charge in [-0.15, -0.1) is 0 Å². The third-order valence-electron chi connectivity index (χ3n) is 4.79. The maximum absolute atomic E-state index is 12.9. The molecule has 1 N–H and O–H groups in total. The van der Waals surface area contributed by atoms with E-state index in [2.05, 4.69) is 5.32 Å². The van der Waals surface area contributed by atoms with E-state index in [0.717, 1.165) is 17.0 Å². The molecule has 0 spiro atoms. The number of carbonyl (C=O) groups is 4. The standard InChI is InChI=1S/C21H19FN2O5/c1-2-21(15-6-4-3-5-7-15)19(27)24(20(28)23-21)12-18(26)29-13-17(25)14-8-10-16(22)11-9-14/h3-11H,2,12-13H2,1H3,(H,23,28). The fourth-order valence-corrected chi connectivity index (χ4v) is 3.17. The van der Waals surface area contributed by atoms with Gasteiger partial charge in [-0.1, -0.05) is 37.3 Å². The van der Waals surface area contributed by atoms with Crippen molar-refractivity contribution in [3.63, 3.8) is 0 Å². The highest BCUT2D eigenvalue weighted by molar-refractivity contribution is 6.09. The number of carbonyl (C=O) groups excluding carboxylic acids is 4. The number of halogens is 1. The molecule has 0 aromatic heterocycles. The number of Topliss-reactive ketones (excluding diaryl/α,β-unsaturated/α-hetero) is 1. The van der Waals surface area contributed by atoms with Gasteiger partial charge in [0.05, 0.1) is 0 Å². The van der Waals surface area contributed by atoms with Crippen LogP contribution in [-0.2, 0) is 19.9 Å². The number of imide groups is 1. The first-order chi connectivity index (χ1) is 13.9. The second kappa shape index (κ2) is 8.22. The van der Waals surface area contributed by atoms with Crippen LogP contribution < -0.4 is 5.32 Å². The molecule has 0 aliphatic carbocycles. The van der Waals surface area contributed by atoms with Crippen LogP contribution in [0.5, 0.6) is 0 Å². The molecule has 1 heterocycles. The minimum Gasteiger partial charge on any atom is -0.456 e. The monoisotopic (exact) mass is 398 g/mol. The third-order valence-corrected chi connectivity index (χ3v) is 4.79. The van der Waals surface area contributed by atoms with Crippen molar-refractivity contribution in [1.82, 2.24) is 10.2 Å². The van der Waals surface area contributed by atoms with Crippen molar-refractivity contribution < 1.29 is 28.3 Å². The van der Waals surface area contributed by atoms with E-state index in [0.29, 0.717) is 12.0 Å². The predicted octanol–water partition coefficient (Wildman–Crippen LogP) is 2.41. The van der Waals surface area contributed by atoms with E-state index in [4.69, 9.17) is 4.74 Å². The van der Waals surface area contributed by atoms with Crippen molar-refractivity contribution in [2.45, 2.75) is 18.9 Å². The lowest BCUT2D eigenvalue weighted by Crippen LogP contribution is -2.44. The Morgan fingerprint density at radius 1 is 1.07 bits per heavy atom. The number of rotatable bonds is 7. The molecule has 1 atom stereocenters. The van der Waals surface area contributed by atoms with Crippen LogP contribution in [0.2, 0.25) is 0 Å². The van der Waals surface area contributed by atoms with Gasteiger partial charge in [-0.2, -0.15) is 0 Å². The van der Waals surface area contributed by atoms with Gasteiger partial charge in [0.25, 0.3) is 5.91 Å². The number of benzene rings is 2. The predicted molar refractivity (Wildman–Crippen MR) is 100 cm³/mol. The van der Waals surface area contributed by atoms with Crippen molar-refractivity contribution in [2.24, 2.45) is 0 Å². The average molecular weight is 398 g/mol. The Hall–Kier alpha value is -3.55. The zero-order valence-electron chi connectivity index (χ0n) is 15.7. The van der Waals surface area contributed by atoms with Crippen molar-refractivity contribution in [3.8, 4) is 0 Å². The fraction of sp³-hybridized carbons (Fsp3) is 0.238. The van der Waals surface area contributed by atoms with Crippen LogP contribution >= 0.6 is 0 Å². The van der Waals surface area contributed by atoms with E-state index in [1.807, 2.05) is 0 Å². The molecule has 8 heteroatoms. The van der Waals surface area contributed by atoms with Crippen molar-refractivity contribution in [3.05, 3.63) is 71.5 Å². The molecule has 29 heavy (non-hydrogen) atoms. The summed E-state index contributed by atoms with van der Waals surface area (Å²) >= 11 is 0. The molecule has 1 unspecified atom stereocenters. The molecule has 0 bridgehead atoms. The highest BCUT2D eigenvalue weighted by Crippen LogP contribution is 2.32. The van der Waals surface area contributed by atoms with E-state index in [1.54, 1.807) is 37.3 Å². The zero-order chi connectivity index (χ0) is 21.0. The Kier molecular flexibility index (Phi) is 5.72. The number of amides is 3. The molecular weight excluding hydrogens is 379 g/mol. The highest BCUT2D eigenvalue weighted by Gasteiger charge is 2.51. The highest BCUT2D eigenvalue weighted by atomic mass is 19.1. The van der Waals surface area contributed by atoms with Gasteiger partial charge in [0.1, 0.15) is 17.9 Å². The number of hydrogen-bond acceptors (Lipinski definition) is 5. The number of nitrogens with one attached hydrogen (secondary N) is 1. The van der Waals surface area contributed by atoms with Crippen molar-refractivity contribution >= 4 is 23.7 Å². The number of ether oxygens (including phenoxy) is 1. The summed E-state index contributed by atoms with van der Waals surface area (Å²) in [5.74, 6) is -2.47. The molecule has 0 saturated carbocycles. The molecule has 7 nitrogen and oxygen atoms in total. The molecule has 150 valence electrons. The molecule has 2 aromatic carbocycles. The van der Waals surface area contributed by atoms with Crippen LogP contribution in [0, 0.1) is 5.82 Å². The summed E-state index contributed by atoms with van der Waals surface area (Å²) in [6.45, 7) is 0.566. The number of urea groups is 1. The van der Waals surface area contributed by atoms with Gasteiger partial charge in [-0.3, -0.25) is 19.3 Å². The summed E-state index contributed by atoms with van der Waals surface area (Å²) < 4.78 is 17.8. The molecular formula is C21H19FN2O5. The van der Waals surface area contributed by atoms with E-state index in [1.165, 1.54) is 12.1 Å². The third kappa shape index (κ3) is 4.01. The molecule has 3 rings (SSSR count). The minimum absolute atomic E-state index is 0.184. The van der Waals surface area contributed by atoms with Gasteiger partial charge in [0.2, 0.25) is 0 Å². The Labute approximate surface area is 166 Å². The molecule has 1 saturated heterocycles.